The van der Waals surface area contributed by atoms with E-state index in [1.807, 2.05) is 33.8 Å². The number of anilines is 1. The summed E-state index contributed by atoms with van der Waals surface area (Å²) in [6, 6.07) is 5.36. The molecule has 1 saturated carbocycles. The maximum absolute atomic E-state index is 12.2. The van der Waals surface area contributed by atoms with Crippen LogP contribution in [-0.2, 0) is 9.59 Å². The molecule has 1 aliphatic carbocycles. The highest BCUT2D eigenvalue weighted by molar-refractivity contribution is 6.31. The molecule has 21 heavy (non-hydrogen) atoms. The predicted octanol–water partition coefficient (Wildman–Crippen LogP) is 3.14. The van der Waals surface area contributed by atoms with E-state index < -0.39 is 0 Å². The lowest BCUT2D eigenvalue weighted by atomic mass is 10.1. The number of rotatable bonds is 3. The second kappa shape index (κ2) is 5.68. The largest absolute Gasteiger partial charge is 0.351 e. The number of halogens is 1. The summed E-state index contributed by atoms with van der Waals surface area (Å²) in [5.41, 5.74) is 1.38. The second-order valence-corrected chi connectivity index (χ2v) is 7.07. The molecule has 5 heteroatoms. The molecule has 2 amide bonds. The molecule has 0 aromatic heterocycles. The molecule has 1 aromatic rings. The van der Waals surface area contributed by atoms with Crippen LogP contribution in [-0.4, -0.2) is 17.4 Å². The first-order valence-electron chi connectivity index (χ1n) is 7.06. The molecule has 1 fully saturated rings. The number of hydrogen-bond acceptors (Lipinski definition) is 2. The van der Waals surface area contributed by atoms with Crippen LogP contribution in [0.5, 0.6) is 0 Å². The van der Waals surface area contributed by atoms with Crippen LogP contribution in [0.1, 0.15) is 32.8 Å². The van der Waals surface area contributed by atoms with Crippen LogP contribution in [0.3, 0.4) is 0 Å². The molecule has 0 bridgehead atoms. The number of nitrogens with one attached hydrogen (secondary N) is 2. The van der Waals surface area contributed by atoms with Crippen molar-refractivity contribution in [2.24, 2.45) is 11.8 Å². The minimum Gasteiger partial charge on any atom is -0.351 e. The van der Waals surface area contributed by atoms with Gasteiger partial charge < -0.3 is 10.6 Å². The Labute approximate surface area is 130 Å². The van der Waals surface area contributed by atoms with Crippen molar-refractivity contribution in [3.05, 3.63) is 28.8 Å². The first-order valence-corrected chi connectivity index (χ1v) is 7.44. The maximum atomic E-state index is 12.2. The number of benzene rings is 1. The fraction of sp³-hybridized carbons (Fsp3) is 0.500. The Morgan fingerprint density at radius 3 is 2.43 bits per heavy atom. The molecule has 4 nitrogen and oxygen atoms in total. The molecule has 2 unspecified atom stereocenters. The first-order chi connectivity index (χ1) is 9.67. The third kappa shape index (κ3) is 4.21. The molecule has 0 saturated heterocycles. The lowest BCUT2D eigenvalue weighted by Gasteiger charge is -2.20. The van der Waals surface area contributed by atoms with Crippen molar-refractivity contribution in [3.8, 4) is 0 Å². The van der Waals surface area contributed by atoms with Gasteiger partial charge >= 0.3 is 0 Å². The van der Waals surface area contributed by atoms with Gasteiger partial charge in [0.2, 0.25) is 11.8 Å². The lowest BCUT2D eigenvalue weighted by Crippen LogP contribution is -2.42. The highest BCUT2D eigenvalue weighted by Gasteiger charge is 2.48. The molecule has 0 spiro atoms. The normalized spacial score (nSPS) is 20.8. The SMILES string of the molecule is Cc1ccc(Cl)cc1NC(=O)C1CC1C(=O)NC(C)(C)C. The quantitative estimate of drug-likeness (QED) is 0.901. The van der Waals surface area contributed by atoms with Gasteiger partial charge in [0.15, 0.2) is 0 Å². The smallest absolute Gasteiger partial charge is 0.228 e. The van der Waals surface area contributed by atoms with E-state index in [-0.39, 0.29) is 29.2 Å². The van der Waals surface area contributed by atoms with Gasteiger partial charge in [-0.2, -0.15) is 0 Å². The fourth-order valence-electron chi connectivity index (χ4n) is 2.19. The standard InChI is InChI=1S/C16H21ClN2O2/c1-9-5-6-10(17)7-13(9)18-14(20)11-8-12(11)15(21)19-16(2,3)4/h5-7,11-12H,8H2,1-4H3,(H,18,20)(H,19,21). The Balaban J connectivity index is 1.94. The van der Waals surface area contributed by atoms with E-state index >= 15 is 0 Å². The summed E-state index contributed by atoms with van der Waals surface area (Å²) in [6.45, 7) is 7.69. The van der Waals surface area contributed by atoms with Crippen LogP contribution in [0.4, 0.5) is 5.69 Å². The van der Waals surface area contributed by atoms with Gasteiger partial charge in [-0.3, -0.25) is 9.59 Å². The first kappa shape index (κ1) is 15.8. The third-order valence-electron chi connectivity index (χ3n) is 3.42. The van der Waals surface area contributed by atoms with Gasteiger partial charge in [-0.15, -0.1) is 0 Å². The van der Waals surface area contributed by atoms with E-state index in [0.29, 0.717) is 17.1 Å². The van der Waals surface area contributed by atoms with Gasteiger partial charge in [0.1, 0.15) is 0 Å². The predicted molar refractivity (Wildman–Crippen MR) is 84.3 cm³/mol. The van der Waals surface area contributed by atoms with Crippen LogP contribution in [0.25, 0.3) is 0 Å². The minimum absolute atomic E-state index is 0.0505. The molecule has 114 valence electrons. The zero-order valence-corrected chi connectivity index (χ0v) is 13.5. The summed E-state index contributed by atoms with van der Waals surface area (Å²) in [5.74, 6) is -0.630. The van der Waals surface area contributed by atoms with Crippen molar-refractivity contribution in [1.82, 2.24) is 5.32 Å². The molecule has 1 aliphatic rings. The van der Waals surface area contributed by atoms with E-state index in [9.17, 15) is 9.59 Å². The molecule has 2 N–H and O–H groups in total. The molecular weight excluding hydrogens is 288 g/mol. The number of carbonyl (C=O) groups is 2. The van der Waals surface area contributed by atoms with E-state index in [4.69, 9.17) is 11.6 Å². The zero-order valence-electron chi connectivity index (χ0n) is 12.8. The summed E-state index contributed by atoms with van der Waals surface area (Å²) in [7, 11) is 0. The maximum Gasteiger partial charge on any atom is 0.228 e. The van der Waals surface area contributed by atoms with Crippen molar-refractivity contribution in [2.45, 2.75) is 39.7 Å². The lowest BCUT2D eigenvalue weighted by molar-refractivity contribution is -0.126. The summed E-state index contributed by atoms with van der Waals surface area (Å²) in [6.07, 6.45) is 0.605. The number of hydrogen-bond donors (Lipinski definition) is 2. The van der Waals surface area contributed by atoms with Crippen molar-refractivity contribution < 1.29 is 9.59 Å². The van der Waals surface area contributed by atoms with Crippen molar-refractivity contribution in [2.75, 3.05) is 5.32 Å². The van der Waals surface area contributed by atoms with E-state index in [1.54, 1.807) is 12.1 Å². The topological polar surface area (TPSA) is 58.2 Å². The second-order valence-electron chi connectivity index (χ2n) is 6.64. The molecular formula is C16H21ClN2O2. The summed E-state index contributed by atoms with van der Waals surface area (Å²) < 4.78 is 0. The Morgan fingerprint density at radius 2 is 1.81 bits per heavy atom. The highest BCUT2D eigenvalue weighted by Crippen LogP contribution is 2.40. The van der Waals surface area contributed by atoms with Gasteiger partial charge in [-0.1, -0.05) is 17.7 Å². The average Bonchev–Trinajstić information content (AvgIpc) is 3.12. The van der Waals surface area contributed by atoms with Crippen LogP contribution < -0.4 is 10.6 Å². The fourth-order valence-corrected chi connectivity index (χ4v) is 2.36. The average molecular weight is 309 g/mol. The number of carbonyl (C=O) groups excluding carboxylic acids is 2. The van der Waals surface area contributed by atoms with Crippen LogP contribution in [0.15, 0.2) is 18.2 Å². The van der Waals surface area contributed by atoms with Crippen molar-refractivity contribution in [1.29, 1.82) is 0 Å². The van der Waals surface area contributed by atoms with Crippen molar-refractivity contribution in [3.63, 3.8) is 0 Å². The monoisotopic (exact) mass is 308 g/mol. The molecule has 0 heterocycles. The third-order valence-corrected chi connectivity index (χ3v) is 3.65. The molecule has 2 atom stereocenters. The van der Waals surface area contributed by atoms with Gasteiger partial charge in [0.25, 0.3) is 0 Å². The number of amides is 2. The molecule has 1 aromatic carbocycles. The highest BCUT2D eigenvalue weighted by atomic mass is 35.5. The van der Waals surface area contributed by atoms with E-state index in [0.717, 1.165) is 5.56 Å². The van der Waals surface area contributed by atoms with Gasteiger partial charge in [0.05, 0.1) is 11.8 Å². The summed E-state index contributed by atoms with van der Waals surface area (Å²) in [4.78, 5) is 24.2. The number of aryl methyl sites for hydroxylation is 1. The van der Waals surface area contributed by atoms with Crippen LogP contribution in [0.2, 0.25) is 5.02 Å². The zero-order chi connectivity index (χ0) is 15.8. The Morgan fingerprint density at radius 1 is 1.19 bits per heavy atom. The summed E-state index contributed by atoms with van der Waals surface area (Å²) >= 11 is 5.93. The van der Waals surface area contributed by atoms with Crippen LogP contribution >= 0.6 is 11.6 Å². The Hall–Kier alpha value is -1.55. The van der Waals surface area contributed by atoms with Gasteiger partial charge in [-0.05, 0) is 51.8 Å². The van der Waals surface area contributed by atoms with Gasteiger partial charge in [0, 0.05) is 16.2 Å². The molecule has 0 aliphatic heterocycles. The van der Waals surface area contributed by atoms with E-state index in [2.05, 4.69) is 10.6 Å². The molecule has 2 rings (SSSR count). The van der Waals surface area contributed by atoms with Crippen LogP contribution in [0, 0.1) is 18.8 Å². The Bertz CT molecular complexity index is 578. The Kier molecular flexibility index (Phi) is 4.28. The van der Waals surface area contributed by atoms with E-state index in [1.165, 1.54) is 0 Å². The van der Waals surface area contributed by atoms with Crippen molar-refractivity contribution >= 4 is 29.1 Å². The minimum atomic E-state index is -0.274. The van der Waals surface area contributed by atoms with Gasteiger partial charge in [-0.25, -0.2) is 0 Å². The summed E-state index contributed by atoms with van der Waals surface area (Å²) in [5, 5.41) is 6.35. The molecule has 0 radical (unpaired) electrons.